The fourth-order valence-corrected chi connectivity index (χ4v) is 4.63. The lowest BCUT2D eigenvalue weighted by Gasteiger charge is -2.31. The molecule has 0 aliphatic rings. The minimum Gasteiger partial charge on any atom is -0.347 e. The number of hydrogen-bond donors (Lipinski definition) is 1. The van der Waals surface area contributed by atoms with Crippen LogP contribution in [0.2, 0.25) is 0 Å². The van der Waals surface area contributed by atoms with E-state index < -0.39 is 16.1 Å². The molecule has 1 amide bonds. The summed E-state index contributed by atoms with van der Waals surface area (Å²) in [5, 5.41) is 3.07. The molecule has 0 radical (unpaired) electrons. The van der Waals surface area contributed by atoms with Crippen LogP contribution in [0.4, 0.5) is 5.69 Å². The van der Waals surface area contributed by atoms with Gasteiger partial charge in [-0.05, 0) is 62.4 Å². The minimum absolute atomic E-state index is 0.171. The molecule has 1 N–H and O–H groups in total. The van der Waals surface area contributed by atoms with E-state index >= 15 is 0 Å². The predicted molar refractivity (Wildman–Crippen MR) is 120 cm³/mol. The molecule has 2 aromatic carbocycles. The topological polar surface area (TPSA) is 66.5 Å². The minimum atomic E-state index is -3.63. The Labute approximate surface area is 175 Å². The Kier molecular flexibility index (Phi) is 7.47. The first-order valence-corrected chi connectivity index (χ1v) is 11.9. The molecule has 2 atom stereocenters. The molecule has 0 saturated carbocycles. The summed E-state index contributed by atoms with van der Waals surface area (Å²) in [6.45, 7) is 9.87. The van der Waals surface area contributed by atoms with Gasteiger partial charge in [0, 0.05) is 0 Å². The van der Waals surface area contributed by atoms with Crippen LogP contribution in [0.5, 0.6) is 0 Å². The summed E-state index contributed by atoms with van der Waals surface area (Å²) in [5.41, 5.74) is 4.92. The average Bonchev–Trinajstić information content (AvgIpc) is 2.66. The van der Waals surface area contributed by atoms with Crippen LogP contribution in [-0.2, 0) is 14.8 Å². The lowest BCUT2D eigenvalue weighted by molar-refractivity contribution is -0.123. The van der Waals surface area contributed by atoms with Crippen molar-refractivity contribution in [1.29, 1.82) is 0 Å². The smallest absolute Gasteiger partial charge is 0.244 e. The standard InChI is InChI=1S/C23H32N2O3S/c1-7-21(19-12-11-17(4)18(5)15-19)24-23(26)22(8-2)25(29(6,27)28)20-13-9-16(3)10-14-20/h9-15,21-22H,7-8H2,1-6H3,(H,24,26)/t21-,22+/m1/s1. The zero-order valence-corrected chi connectivity index (χ0v) is 19.0. The number of nitrogens with one attached hydrogen (secondary N) is 1. The molecule has 0 unspecified atom stereocenters. The average molecular weight is 417 g/mol. The highest BCUT2D eigenvalue weighted by Crippen LogP contribution is 2.25. The fraction of sp³-hybridized carbons (Fsp3) is 0.435. The fourth-order valence-electron chi connectivity index (χ4n) is 3.42. The van der Waals surface area contributed by atoms with Crippen LogP contribution < -0.4 is 9.62 Å². The van der Waals surface area contributed by atoms with Gasteiger partial charge in [-0.15, -0.1) is 0 Å². The molecular formula is C23H32N2O3S. The Morgan fingerprint density at radius 1 is 0.966 bits per heavy atom. The number of amides is 1. The van der Waals surface area contributed by atoms with E-state index in [0.29, 0.717) is 18.5 Å². The summed E-state index contributed by atoms with van der Waals surface area (Å²) in [7, 11) is -3.63. The summed E-state index contributed by atoms with van der Waals surface area (Å²) in [4.78, 5) is 13.2. The molecule has 0 heterocycles. The molecule has 2 aromatic rings. The maximum atomic E-state index is 13.2. The molecule has 29 heavy (non-hydrogen) atoms. The molecule has 158 valence electrons. The number of carbonyl (C=O) groups is 1. The van der Waals surface area contributed by atoms with Crippen LogP contribution in [0.1, 0.15) is 55.0 Å². The van der Waals surface area contributed by atoms with E-state index in [4.69, 9.17) is 0 Å². The van der Waals surface area contributed by atoms with Crippen LogP contribution in [0, 0.1) is 20.8 Å². The number of aryl methyl sites for hydroxylation is 3. The number of sulfonamides is 1. The Morgan fingerprint density at radius 2 is 1.59 bits per heavy atom. The number of nitrogens with zero attached hydrogens (tertiary/aromatic N) is 1. The van der Waals surface area contributed by atoms with Gasteiger partial charge in [0.2, 0.25) is 15.9 Å². The van der Waals surface area contributed by atoms with E-state index in [1.807, 2.05) is 52.0 Å². The molecule has 6 heteroatoms. The highest BCUT2D eigenvalue weighted by molar-refractivity contribution is 7.92. The largest absolute Gasteiger partial charge is 0.347 e. The number of hydrogen-bond acceptors (Lipinski definition) is 3. The number of carbonyl (C=O) groups excluding carboxylic acids is 1. The molecule has 0 saturated heterocycles. The van der Waals surface area contributed by atoms with Crippen molar-refractivity contribution in [3.8, 4) is 0 Å². The van der Waals surface area contributed by atoms with Gasteiger partial charge >= 0.3 is 0 Å². The molecule has 0 bridgehead atoms. The van der Waals surface area contributed by atoms with Gasteiger partial charge in [-0.2, -0.15) is 0 Å². The predicted octanol–water partition coefficient (Wildman–Crippen LogP) is 4.42. The van der Waals surface area contributed by atoms with Gasteiger partial charge in [0.05, 0.1) is 18.0 Å². The maximum absolute atomic E-state index is 13.2. The van der Waals surface area contributed by atoms with Crippen LogP contribution in [0.15, 0.2) is 42.5 Å². The summed E-state index contributed by atoms with van der Waals surface area (Å²) >= 11 is 0. The van der Waals surface area contributed by atoms with E-state index in [1.165, 1.54) is 15.4 Å². The second kappa shape index (κ2) is 9.44. The molecule has 0 fully saturated rings. The first-order chi connectivity index (χ1) is 13.6. The van der Waals surface area contributed by atoms with Gasteiger partial charge in [-0.3, -0.25) is 9.10 Å². The second-order valence-corrected chi connectivity index (χ2v) is 9.49. The Balaban J connectivity index is 2.34. The zero-order chi connectivity index (χ0) is 21.8. The van der Waals surface area contributed by atoms with Crippen LogP contribution >= 0.6 is 0 Å². The number of benzene rings is 2. The van der Waals surface area contributed by atoms with Crippen molar-refractivity contribution in [1.82, 2.24) is 5.32 Å². The quantitative estimate of drug-likeness (QED) is 0.692. The summed E-state index contributed by atoms with van der Waals surface area (Å²) in [5.74, 6) is -0.288. The maximum Gasteiger partial charge on any atom is 0.244 e. The number of anilines is 1. The Bertz CT molecular complexity index is 953. The van der Waals surface area contributed by atoms with E-state index in [9.17, 15) is 13.2 Å². The van der Waals surface area contributed by atoms with Crippen molar-refractivity contribution in [2.45, 2.75) is 59.5 Å². The summed E-state index contributed by atoms with van der Waals surface area (Å²) in [6.07, 6.45) is 2.23. The monoisotopic (exact) mass is 416 g/mol. The molecule has 0 aliphatic heterocycles. The third kappa shape index (κ3) is 5.60. The van der Waals surface area contributed by atoms with E-state index in [1.54, 1.807) is 12.1 Å². The summed E-state index contributed by atoms with van der Waals surface area (Å²) < 4.78 is 26.4. The van der Waals surface area contributed by atoms with Crippen LogP contribution in [0.25, 0.3) is 0 Å². The van der Waals surface area contributed by atoms with Gasteiger partial charge in [0.15, 0.2) is 0 Å². The van der Waals surface area contributed by atoms with Crippen molar-refractivity contribution in [3.05, 3.63) is 64.7 Å². The van der Waals surface area contributed by atoms with Gasteiger partial charge in [-0.25, -0.2) is 8.42 Å². The van der Waals surface area contributed by atoms with Crippen LogP contribution in [0.3, 0.4) is 0 Å². The molecule has 0 aliphatic carbocycles. The molecule has 0 spiro atoms. The van der Waals surface area contributed by atoms with E-state index in [-0.39, 0.29) is 11.9 Å². The van der Waals surface area contributed by atoms with Crippen molar-refractivity contribution in [2.75, 3.05) is 10.6 Å². The first kappa shape index (κ1) is 22.9. The van der Waals surface area contributed by atoms with Gasteiger partial charge in [0.25, 0.3) is 0 Å². The van der Waals surface area contributed by atoms with Crippen molar-refractivity contribution in [2.24, 2.45) is 0 Å². The molecular weight excluding hydrogens is 384 g/mol. The Morgan fingerprint density at radius 3 is 2.07 bits per heavy atom. The second-order valence-electron chi connectivity index (χ2n) is 7.63. The van der Waals surface area contributed by atoms with Crippen molar-refractivity contribution < 1.29 is 13.2 Å². The molecule has 0 aromatic heterocycles. The van der Waals surface area contributed by atoms with Crippen LogP contribution in [-0.4, -0.2) is 26.6 Å². The first-order valence-electron chi connectivity index (χ1n) is 10.0. The number of rotatable bonds is 8. The lowest BCUT2D eigenvalue weighted by atomic mass is 9.99. The summed E-state index contributed by atoms with van der Waals surface area (Å²) in [6, 6.07) is 12.4. The highest BCUT2D eigenvalue weighted by Gasteiger charge is 2.32. The van der Waals surface area contributed by atoms with Crippen molar-refractivity contribution >= 4 is 21.6 Å². The highest BCUT2D eigenvalue weighted by atomic mass is 32.2. The van der Waals surface area contributed by atoms with Gasteiger partial charge < -0.3 is 5.32 Å². The third-order valence-electron chi connectivity index (χ3n) is 5.28. The van der Waals surface area contributed by atoms with E-state index in [2.05, 4.69) is 18.3 Å². The van der Waals surface area contributed by atoms with E-state index in [0.717, 1.165) is 17.4 Å². The Hall–Kier alpha value is -2.34. The van der Waals surface area contributed by atoms with Gasteiger partial charge in [-0.1, -0.05) is 49.7 Å². The lowest BCUT2D eigenvalue weighted by Crippen LogP contribution is -2.50. The molecule has 5 nitrogen and oxygen atoms in total. The molecule has 2 rings (SSSR count). The normalized spacial score (nSPS) is 13.6. The zero-order valence-electron chi connectivity index (χ0n) is 18.2. The SMILES string of the molecule is CC[C@@H](NC(=O)[C@H](CC)N(c1ccc(C)cc1)S(C)(=O)=O)c1ccc(C)c(C)c1. The van der Waals surface area contributed by atoms with Gasteiger partial charge in [0.1, 0.15) is 6.04 Å². The third-order valence-corrected chi connectivity index (χ3v) is 6.46. The van der Waals surface area contributed by atoms with Crippen molar-refractivity contribution in [3.63, 3.8) is 0 Å².